The summed E-state index contributed by atoms with van der Waals surface area (Å²) in [6, 6.07) is 8.60. The second-order valence-electron chi connectivity index (χ2n) is 11.8. The molecule has 0 bridgehead atoms. The Hall–Kier alpha value is 0.800. The molecule has 0 radical (unpaired) electrons. The smallest absolute Gasteiger partial charge is 0.0785 e. The Morgan fingerprint density at radius 2 is 0.700 bits per heavy atom. The van der Waals surface area contributed by atoms with Gasteiger partial charge in [-0.3, -0.25) is 0 Å². The first-order valence-electron chi connectivity index (χ1n) is 16.2. The molecule has 0 saturated heterocycles. The van der Waals surface area contributed by atoms with Crippen molar-refractivity contribution in [3.05, 3.63) is 35.4 Å². The molecule has 1 aromatic rings. The average Bonchev–Trinajstić information content (AvgIpc) is 2.94. The zero-order valence-corrected chi connectivity index (χ0v) is 30.7. The number of thiol groups is 4. The van der Waals surface area contributed by atoms with E-state index in [0.29, 0.717) is 8.39 Å². The van der Waals surface area contributed by atoms with Crippen molar-refractivity contribution >= 4 is 83.3 Å². The van der Waals surface area contributed by atoms with Crippen molar-refractivity contribution in [3.63, 3.8) is 0 Å². The number of unbranched alkanes of at least 4 members (excludes halogenated alkanes) is 18. The van der Waals surface area contributed by atoms with Crippen LogP contribution in [0.5, 0.6) is 0 Å². The van der Waals surface area contributed by atoms with Gasteiger partial charge in [0.1, 0.15) is 0 Å². The second-order valence-corrected chi connectivity index (χ2v) is 15.6. The fourth-order valence-corrected chi connectivity index (χ4v) is 7.04. The van der Waals surface area contributed by atoms with E-state index >= 15 is 0 Å². The third-order valence-electron chi connectivity index (χ3n) is 8.33. The molecule has 0 aliphatic carbocycles. The Kier molecular flexibility index (Phi) is 22.5. The summed E-state index contributed by atoms with van der Waals surface area (Å²) < 4.78 is 0.279. The Labute approximate surface area is 281 Å². The molecule has 230 valence electrons. The molecule has 0 nitrogen and oxygen atoms in total. The van der Waals surface area contributed by atoms with Gasteiger partial charge in [-0.2, -0.15) is 25.3 Å². The van der Waals surface area contributed by atoms with Gasteiger partial charge in [-0.1, -0.05) is 191 Å². The van der Waals surface area contributed by atoms with Gasteiger partial charge >= 0.3 is 0 Å². The lowest BCUT2D eigenvalue weighted by Gasteiger charge is -2.31. The van der Waals surface area contributed by atoms with Gasteiger partial charge in [0.05, 0.1) is 17.9 Å². The topological polar surface area (TPSA) is 0 Å². The number of hydrogen-bond donors (Lipinski definition) is 4. The fourth-order valence-electron chi connectivity index (χ4n) is 5.51. The molecular weight excluding hydrogens is 601 g/mol. The molecule has 2 atom stereocenters. The minimum atomic E-state index is -0.506. The van der Waals surface area contributed by atoms with E-state index in [-0.39, 0.29) is 0 Å². The van der Waals surface area contributed by atoms with Gasteiger partial charge < -0.3 is 0 Å². The van der Waals surface area contributed by atoms with Crippen LogP contribution in [0, 0.1) is 0 Å². The standard InChI is InChI=1S/C34H58S6/c1-3-5-7-9-11-13-15-17-19-21-27-33(39,31(35)36)29-23-25-30(26-24-29)34(40,32(37)38)28-22-20-18-16-14-12-10-8-6-4-2/h23-26,39-40H,3-22,27-28H2,1-2H3,(H,35,36)(H,37,38). The Bertz CT molecular complexity index is 740. The average molecular weight is 659 g/mol. The van der Waals surface area contributed by atoms with Crippen LogP contribution in [0.2, 0.25) is 0 Å². The first-order valence-corrected chi connectivity index (χ1v) is 18.9. The van der Waals surface area contributed by atoms with E-state index in [1.54, 1.807) is 0 Å². The summed E-state index contributed by atoms with van der Waals surface area (Å²) in [6.07, 6.45) is 28.2. The van der Waals surface area contributed by atoms with Gasteiger partial charge in [-0.15, -0.1) is 25.3 Å². The number of benzene rings is 1. The van der Waals surface area contributed by atoms with Crippen LogP contribution >= 0.6 is 75.0 Å². The summed E-state index contributed by atoms with van der Waals surface area (Å²) in [5.41, 5.74) is 2.21. The van der Waals surface area contributed by atoms with E-state index in [4.69, 9.17) is 49.7 Å². The summed E-state index contributed by atoms with van der Waals surface area (Å²) in [7, 11) is 0. The quantitative estimate of drug-likeness (QED) is 0.0444. The molecule has 1 aromatic carbocycles. The molecule has 2 unspecified atom stereocenters. The van der Waals surface area contributed by atoms with Crippen LogP contribution in [0.4, 0.5) is 0 Å². The van der Waals surface area contributed by atoms with Gasteiger partial charge in [0, 0.05) is 0 Å². The maximum absolute atomic E-state index is 5.60. The van der Waals surface area contributed by atoms with Gasteiger partial charge in [0.25, 0.3) is 0 Å². The normalized spacial score (nSPS) is 14.6. The molecular formula is C34H58S6. The van der Waals surface area contributed by atoms with Crippen molar-refractivity contribution in [2.24, 2.45) is 0 Å². The Balaban J connectivity index is 2.56. The minimum Gasteiger partial charge on any atom is -0.161 e. The summed E-state index contributed by atoms with van der Waals surface area (Å²) in [5, 5.41) is 0. The number of rotatable bonds is 26. The molecule has 1 rings (SSSR count). The van der Waals surface area contributed by atoms with Crippen LogP contribution < -0.4 is 0 Å². The molecule has 0 saturated carbocycles. The highest BCUT2D eigenvalue weighted by Gasteiger charge is 2.33. The van der Waals surface area contributed by atoms with E-state index in [9.17, 15) is 0 Å². The van der Waals surface area contributed by atoms with Crippen LogP contribution in [-0.2, 0) is 9.49 Å². The highest BCUT2D eigenvalue weighted by Crippen LogP contribution is 2.41. The van der Waals surface area contributed by atoms with Crippen molar-refractivity contribution in [3.8, 4) is 0 Å². The summed E-state index contributed by atoms with van der Waals surface area (Å²) >= 11 is 30.6. The van der Waals surface area contributed by atoms with Crippen LogP contribution in [0.15, 0.2) is 24.3 Å². The lowest BCUT2D eigenvalue weighted by atomic mass is 9.88. The number of hydrogen-bond acceptors (Lipinski definition) is 4. The van der Waals surface area contributed by atoms with Crippen molar-refractivity contribution in [2.45, 2.75) is 165 Å². The fraction of sp³-hybridized carbons (Fsp3) is 0.765. The SMILES string of the molecule is CCCCCCCCCCCCC(S)(C(=S)S)c1ccc(C(S)(CCCCCCCCCCCC)C(=S)S)cc1. The van der Waals surface area contributed by atoms with Gasteiger partial charge in [-0.05, 0) is 24.0 Å². The van der Waals surface area contributed by atoms with Gasteiger partial charge in [0.2, 0.25) is 0 Å². The minimum absolute atomic E-state index is 0.506. The molecule has 0 amide bonds. The largest absolute Gasteiger partial charge is 0.161 e. The third-order valence-corrected chi connectivity index (χ3v) is 11.9. The Morgan fingerprint density at radius 1 is 0.475 bits per heavy atom. The molecule has 0 aliphatic rings. The molecule has 0 heterocycles. The van der Waals surface area contributed by atoms with Crippen molar-refractivity contribution in [2.75, 3.05) is 0 Å². The van der Waals surface area contributed by atoms with E-state index in [0.717, 1.165) is 36.8 Å². The van der Waals surface area contributed by atoms with Crippen molar-refractivity contribution < 1.29 is 0 Å². The molecule has 0 spiro atoms. The molecule has 0 N–H and O–H groups in total. The third kappa shape index (κ3) is 15.0. The maximum Gasteiger partial charge on any atom is 0.0785 e. The molecule has 6 heteroatoms. The van der Waals surface area contributed by atoms with Crippen LogP contribution in [-0.4, -0.2) is 8.39 Å². The van der Waals surface area contributed by atoms with E-state index in [1.165, 1.54) is 116 Å². The van der Waals surface area contributed by atoms with Crippen LogP contribution in [0.3, 0.4) is 0 Å². The first-order chi connectivity index (χ1) is 19.2. The van der Waals surface area contributed by atoms with Crippen molar-refractivity contribution in [1.29, 1.82) is 0 Å². The predicted octanol–water partition coefficient (Wildman–Crippen LogP) is 13.1. The summed E-state index contributed by atoms with van der Waals surface area (Å²) in [6.45, 7) is 4.55. The van der Waals surface area contributed by atoms with E-state index in [2.05, 4.69) is 63.4 Å². The lowest BCUT2D eigenvalue weighted by molar-refractivity contribution is 0.540. The van der Waals surface area contributed by atoms with Gasteiger partial charge in [-0.25, -0.2) is 0 Å². The predicted molar refractivity (Wildman–Crippen MR) is 204 cm³/mol. The maximum atomic E-state index is 5.60. The monoisotopic (exact) mass is 658 g/mol. The van der Waals surface area contributed by atoms with Crippen LogP contribution in [0.25, 0.3) is 0 Å². The number of thiocarbonyl (C=S) groups is 2. The zero-order valence-electron chi connectivity index (χ0n) is 25.5. The van der Waals surface area contributed by atoms with Gasteiger partial charge in [0.15, 0.2) is 0 Å². The second kappa shape index (κ2) is 23.2. The van der Waals surface area contributed by atoms with E-state index < -0.39 is 9.49 Å². The van der Waals surface area contributed by atoms with Crippen LogP contribution in [0.1, 0.15) is 166 Å². The highest BCUT2D eigenvalue weighted by atomic mass is 32.1. The Morgan fingerprint density at radius 3 is 0.925 bits per heavy atom. The summed E-state index contributed by atoms with van der Waals surface area (Å²) in [4.78, 5) is 0. The first kappa shape index (κ1) is 38.8. The van der Waals surface area contributed by atoms with E-state index in [1.807, 2.05) is 0 Å². The summed E-state index contributed by atoms with van der Waals surface area (Å²) in [5.74, 6) is 0. The zero-order chi connectivity index (χ0) is 29.7. The lowest BCUT2D eigenvalue weighted by Crippen LogP contribution is -2.27. The van der Waals surface area contributed by atoms with Crippen molar-refractivity contribution in [1.82, 2.24) is 0 Å². The molecule has 0 aromatic heterocycles. The molecule has 40 heavy (non-hydrogen) atoms. The highest BCUT2D eigenvalue weighted by molar-refractivity contribution is 8.13. The molecule has 0 aliphatic heterocycles. The molecule has 0 fully saturated rings.